The second kappa shape index (κ2) is 8.81. The highest BCUT2D eigenvalue weighted by atomic mass is 32.2. The molecule has 0 amide bonds. The Bertz CT molecular complexity index is 1020. The monoisotopic (exact) mass is 397 g/mol. The summed E-state index contributed by atoms with van der Waals surface area (Å²) in [6.45, 7) is 4.49. The smallest absolute Gasteiger partial charge is 0.240 e. The van der Waals surface area contributed by atoms with Crippen molar-refractivity contribution in [3.63, 3.8) is 0 Å². The van der Waals surface area contributed by atoms with E-state index < -0.39 is 10.0 Å². The number of aromatic nitrogens is 2. The first-order valence-corrected chi connectivity index (χ1v) is 10.4. The predicted molar refractivity (Wildman–Crippen MR) is 111 cm³/mol. The minimum atomic E-state index is -3.52. The third kappa shape index (κ3) is 5.51. The Balaban J connectivity index is 1.57. The third-order valence-corrected chi connectivity index (χ3v) is 5.41. The largest absolute Gasteiger partial charge is 0.353 e. The van der Waals surface area contributed by atoms with Gasteiger partial charge in [-0.05, 0) is 38.1 Å². The van der Waals surface area contributed by atoms with E-state index in [2.05, 4.69) is 25.3 Å². The zero-order valence-electron chi connectivity index (χ0n) is 15.8. The average molecular weight is 398 g/mol. The van der Waals surface area contributed by atoms with E-state index >= 15 is 0 Å². The normalized spacial score (nSPS) is 11.2. The Kier molecular flexibility index (Phi) is 6.23. The van der Waals surface area contributed by atoms with Gasteiger partial charge in [0.2, 0.25) is 16.0 Å². The van der Waals surface area contributed by atoms with Crippen LogP contribution in [0.5, 0.6) is 0 Å². The molecule has 0 unspecified atom stereocenters. The van der Waals surface area contributed by atoms with Crippen molar-refractivity contribution in [2.45, 2.75) is 18.7 Å². The number of benzene rings is 2. The van der Waals surface area contributed by atoms with Gasteiger partial charge in [0.25, 0.3) is 0 Å². The Labute approximate surface area is 165 Å². The van der Waals surface area contributed by atoms with Gasteiger partial charge in [0.15, 0.2) is 0 Å². The molecule has 0 saturated carbocycles. The van der Waals surface area contributed by atoms with Crippen LogP contribution in [0.25, 0.3) is 0 Å². The maximum Gasteiger partial charge on any atom is 0.240 e. The minimum absolute atomic E-state index is 0.218. The first kappa shape index (κ1) is 19.8. The summed E-state index contributed by atoms with van der Waals surface area (Å²) in [4.78, 5) is 9.02. The topological polar surface area (TPSA) is 96.0 Å². The van der Waals surface area contributed by atoms with E-state index in [1.165, 1.54) is 5.56 Å². The summed E-state index contributed by atoms with van der Waals surface area (Å²) in [6.07, 6.45) is 0. The highest BCUT2D eigenvalue weighted by Gasteiger charge is 2.12. The van der Waals surface area contributed by atoms with Crippen LogP contribution in [-0.2, 0) is 10.0 Å². The van der Waals surface area contributed by atoms with Crippen LogP contribution in [-0.4, -0.2) is 31.5 Å². The SMILES string of the molecule is Cc1ccc(Nc2cc(C)nc(NCCNS(=O)(=O)c3ccccc3)n2)cc1. The van der Waals surface area contributed by atoms with Crippen molar-refractivity contribution in [3.05, 3.63) is 71.9 Å². The van der Waals surface area contributed by atoms with Gasteiger partial charge in [-0.15, -0.1) is 0 Å². The van der Waals surface area contributed by atoms with Gasteiger partial charge in [0.1, 0.15) is 5.82 Å². The summed E-state index contributed by atoms with van der Waals surface area (Å²) in [6, 6.07) is 18.1. The number of sulfonamides is 1. The van der Waals surface area contributed by atoms with E-state index in [4.69, 9.17) is 0 Å². The summed E-state index contributed by atoms with van der Waals surface area (Å²) < 4.78 is 27.0. The lowest BCUT2D eigenvalue weighted by atomic mass is 10.2. The van der Waals surface area contributed by atoms with Gasteiger partial charge in [-0.2, -0.15) is 4.98 Å². The van der Waals surface area contributed by atoms with Crippen molar-refractivity contribution in [2.75, 3.05) is 23.7 Å². The highest BCUT2D eigenvalue weighted by molar-refractivity contribution is 7.89. The van der Waals surface area contributed by atoms with Crippen LogP contribution < -0.4 is 15.4 Å². The van der Waals surface area contributed by atoms with E-state index in [1.807, 2.05) is 44.2 Å². The third-order valence-electron chi connectivity index (χ3n) is 3.93. The highest BCUT2D eigenvalue weighted by Crippen LogP contribution is 2.17. The van der Waals surface area contributed by atoms with Crippen molar-refractivity contribution in [1.29, 1.82) is 0 Å². The Morgan fingerprint density at radius 3 is 2.32 bits per heavy atom. The lowest BCUT2D eigenvalue weighted by Gasteiger charge is -2.11. The molecular weight excluding hydrogens is 374 g/mol. The maximum atomic E-state index is 12.2. The van der Waals surface area contributed by atoms with Crippen molar-refractivity contribution in [3.8, 4) is 0 Å². The molecule has 0 atom stereocenters. The molecule has 0 fully saturated rings. The van der Waals surface area contributed by atoms with Crippen LogP contribution in [0.4, 0.5) is 17.5 Å². The predicted octanol–water partition coefficient (Wildman–Crippen LogP) is 3.23. The molecule has 28 heavy (non-hydrogen) atoms. The molecule has 8 heteroatoms. The molecule has 0 aliphatic rings. The number of rotatable bonds is 8. The van der Waals surface area contributed by atoms with Crippen LogP contribution in [0.2, 0.25) is 0 Å². The molecule has 3 rings (SSSR count). The summed E-state index contributed by atoms with van der Waals surface area (Å²) in [5.74, 6) is 1.11. The molecule has 1 aromatic heterocycles. The molecule has 0 aliphatic heterocycles. The van der Waals surface area contributed by atoms with Gasteiger partial charge < -0.3 is 10.6 Å². The second-order valence-corrected chi connectivity index (χ2v) is 8.11. The fourth-order valence-electron chi connectivity index (χ4n) is 2.54. The molecule has 2 aromatic carbocycles. The lowest BCUT2D eigenvalue weighted by Crippen LogP contribution is -2.29. The molecule has 0 saturated heterocycles. The van der Waals surface area contributed by atoms with Crippen molar-refractivity contribution >= 4 is 27.5 Å². The first-order valence-electron chi connectivity index (χ1n) is 8.90. The number of nitrogens with zero attached hydrogens (tertiary/aromatic N) is 2. The molecule has 0 aliphatic carbocycles. The standard InChI is InChI=1S/C20H23N5O2S/c1-15-8-10-17(11-9-15)24-19-14-16(2)23-20(25-19)21-12-13-22-28(26,27)18-6-4-3-5-7-18/h3-11,14,22H,12-13H2,1-2H3,(H2,21,23,24,25). The molecular formula is C20H23N5O2S. The van der Waals surface area contributed by atoms with Gasteiger partial charge in [0, 0.05) is 30.5 Å². The summed E-state index contributed by atoms with van der Waals surface area (Å²) >= 11 is 0. The number of hydrogen-bond donors (Lipinski definition) is 3. The zero-order chi connectivity index (χ0) is 20.0. The molecule has 0 bridgehead atoms. The van der Waals surface area contributed by atoms with Crippen LogP contribution in [0, 0.1) is 13.8 Å². The summed E-state index contributed by atoms with van der Waals surface area (Å²) in [7, 11) is -3.52. The van der Waals surface area contributed by atoms with E-state index in [9.17, 15) is 8.42 Å². The Morgan fingerprint density at radius 1 is 0.893 bits per heavy atom. The minimum Gasteiger partial charge on any atom is -0.353 e. The Morgan fingerprint density at radius 2 is 1.61 bits per heavy atom. The first-order chi connectivity index (χ1) is 13.4. The fourth-order valence-corrected chi connectivity index (χ4v) is 3.59. The summed E-state index contributed by atoms with van der Waals surface area (Å²) in [5, 5.41) is 6.30. The molecule has 146 valence electrons. The van der Waals surface area contributed by atoms with Crippen molar-refractivity contribution in [1.82, 2.24) is 14.7 Å². The molecule has 3 N–H and O–H groups in total. The molecule has 0 radical (unpaired) electrons. The van der Waals surface area contributed by atoms with Crippen LogP contribution in [0.15, 0.2) is 65.6 Å². The van der Waals surface area contributed by atoms with E-state index in [0.717, 1.165) is 11.4 Å². The fraction of sp³-hybridized carbons (Fsp3) is 0.200. The lowest BCUT2D eigenvalue weighted by molar-refractivity contribution is 0.583. The number of nitrogens with one attached hydrogen (secondary N) is 3. The van der Waals surface area contributed by atoms with Gasteiger partial charge in [-0.3, -0.25) is 0 Å². The molecule has 1 heterocycles. The van der Waals surface area contributed by atoms with Crippen molar-refractivity contribution in [2.24, 2.45) is 0 Å². The molecule has 7 nitrogen and oxygen atoms in total. The van der Waals surface area contributed by atoms with Gasteiger partial charge in [-0.1, -0.05) is 35.9 Å². The zero-order valence-corrected chi connectivity index (χ0v) is 16.6. The average Bonchev–Trinajstić information content (AvgIpc) is 2.67. The van der Waals surface area contributed by atoms with Gasteiger partial charge in [0.05, 0.1) is 4.90 Å². The quantitative estimate of drug-likeness (QED) is 0.505. The van der Waals surface area contributed by atoms with Crippen molar-refractivity contribution < 1.29 is 8.42 Å². The second-order valence-electron chi connectivity index (χ2n) is 6.35. The number of anilines is 3. The van der Waals surface area contributed by atoms with E-state index in [0.29, 0.717) is 18.3 Å². The maximum absolute atomic E-state index is 12.2. The number of aryl methyl sites for hydroxylation is 2. The number of hydrogen-bond acceptors (Lipinski definition) is 6. The van der Waals surface area contributed by atoms with Crippen LogP contribution in [0.1, 0.15) is 11.3 Å². The van der Waals surface area contributed by atoms with Gasteiger partial charge >= 0.3 is 0 Å². The van der Waals surface area contributed by atoms with Gasteiger partial charge in [-0.25, -0.2) is 18.1 Å². The van der Waals surface area contributed by atoms with E-state index in [1.54, 1.807) is 30.3 Å². The Hall–Kier alpha value is -2.97. The summed E-state index contributed by atoms with van der Waals surface area (Å²) in [5.41, 5.74) is 2.92. The van der Waals surface area contributed by atoms with Crippen LogP contribution >= 0.6 is 0 Å². The van der Waals surface area contributed by atoms with Crippen LogP contribution in [0.3, 0.4) is 0 Å². The van der Waals surface area contributed by atoms with E-state index in [-0.39, 0.29) is 11.4 Å². The molecule has 0 spiro atoms. The molecule has 3 aromatic rings.